The summed E-state index contributed by atoms with van der Waals surface area (Å²) < 4.78 is 25.3. The number of aliphatic hydroxyl groups is 1. The summed E-state index contributed by atoms with van der Waals surface area (Å²) >= 11 is 13.3. The first-order valence-electron chi connectivity index (χ1n) is 3.52. The first-order valence-corrected chi connectivity index (χ1v) is 5.07. The summed E-state index contributed by atoms with van der Waals surface area (Å²) in [4.78, 5) is -3.41. The van der Waals surface area contributed by atoms with Crippen molar-refractivity contribution in [2.24, 2.45) is 0 Å². The molecule has 0 bridgehead atoms. The molecule has 1 atom stereocenters. The fourth-order valence-electron chi connectivity index (χ4n) is 0.900. The van der Waals surface area contributed by atoms with E-state index in [1.165, 1.54) is 18.2 Å². The van der Waals surface area contributed by atoms with Crippen LogP contribution in [-0.2, 0) is 0 Å². The molecule has 14 heavy (non-hydrogen) atoms. The predicted molar refractivity (Wildman–Crippen MR) is 55.3 cm³/mol. The lowest BCUT2D eigenvalue weighted by Gasteiger charge is -2.17. The second-order valence-corrected chi connectivity index (χ2v) is 4.51. The highest BCUT2D eigenvalue weighted by molar-refractivity contribution is 9.10. The average molecular weight is 306 g/mol. The van der Waals surface area contributed by atoms with Gasteiger partial charge in [-0.05, 0) is 28.1 Å². The van der Waals surface area contributed by atoms with E-state index < -0.39 is 10.9 Å². The zero-order chi connectivity index (χ0) is 10.9. The van der Waals surface area contributed by atoms with Crippen LogP contribution in [0.2, 0.25) is 10.0 Å². The Bertz CT molecular complexity index is 341. The molecule has 0 aromatic heterocycles. The Morgan fingerprint density at radius 3 is 2.36 bits per heavy atom. The van der Waals surface area contributed by atoms with Crippen molar-refractivity contribution < 1.29 is 13.9 Å². The molecule has 0 spiro atoms. The van der Waals surface area contributed by atoms with Crippen LogP contribution < -0.4 is 0 Å². The Hall–Kier alpha value is 0.1000. The summed E-state index contributed by atoms with van der Waals surface area (Å²) in [5, 5.41) is 9.53. The van der Waals surface area contributed by atoms with Crippen LogP contribution in [0.3, 0.4) is 0 Å². The summed E-state index contributed by atoms with van der Waals surface area (Å²) in [5.74, 6) is 0. The summed E-state index contributed by atoms with van der Waals surface area (Å²) in [5.41, 5.74) is -0.0714. The van der Waals surface area contributed by atoms with Crippen LogP contribution in [0.1, 0.15) is 11.7 Å². The van der Waals surface area contributed by atoms with Crippen molar-refractivity contribution in [2.75, 3.05) is 0 Å². The zero-order valence-corrected chi connectivity index (χ0v) is 9.74. The number of benzene rings is 1. The van der Waals surface area contributed by atoms with Crippen LogP contribution in [-0.4, -0.2) is 9.94 Å². The maximum atomic E-state index is 12.7. The van der Waals surface area contributed by atoms with Crippen molar-refractivity contribution in [2.45, 2.75) is 10.9 Å². The fourth-order valence-corrected chi connectivity index (χ4v) is 1.66. The van der Waals surface area contributed by atoms with Crippen LogP contribution in [0.4, 0.5) is 8.78 Å². The highest BCUT2D eigenvalue weighted by atomic mass is 79.9. The Labute approximate surface area is 97.8 Å². The number of alkyl halides is 3. The smallest absolute Gasteiger partial charge is 0.330 e. The SMILES string of the molecule is OC(c1ccc(Cl)cc1Cl)C(F)(F)Br. The van der Waals surface area contributed by atoms with Gasteiger partial charge in [-0.25, -0.2) is 0 Å². The predicted octanol–water partition coefficient (Wildman–Crippen LogP) is 4.01. The van der Waals surface area contributed by atoms with Gasteiger partial charge in [-0.3, -0.25) is 0 Å². The lowest BCUT2D eigenvalue weighted by molar-refractivity contribution is -0.0294. The molecule has 1 unspecified atom stereocenters. The Morgan fingerprint density at radius 2 is 1.93 bits per heavy atom. The molecular formula is C8H5BrCl2F2O. The van der Waals surface area contributed by atoms with Crippen LogP contribution in [0.25, 0.3) is 0 Å². The summed E-state index contributed by atoms with van der Waals surface area (Å²) in [6.45, 7) is 0. The van der Waals surface area contributed by atoms with Gasteiger partial charge in [0.15, 0.2) is 6.10 Å². The Balaban J connectivity index is 3.08. The third-order valence-electron chi connectivity index (χ3n) is 1.57. The van der Waals surface area contributed by atoms with Crippen LogP contribution in [0.5, 0.6) is 0 Å². The van der Waals surface area contributed by atoms with Crippen molar-refractivity contribution in [3.63, 3.8) is 0 Å². The molecular weight excluding hydrogens is 301 g/mol. The van der Waals surface area contributed by atoms with Gasteiger partial charge < -0.3 is 5.11 Å². The largest absolute Gasteiger partial charge is 0.381 e. The van der Waals surface area contributed by atoms with Crippen molar-refractivity contribution in [1.82, 2.24) is 0 Å². The topological polar surface area (TPSA) is 20.2 Å². The van der Waals surface area contributed by atoms with E-state index in [0.717, 1.165) is 0 Å². The first kappa shape index (κ1) is 12.2. The van der Waals surface area contributed by atoms with E-state index in [0.29, 0.717) is 5.02 Å². The van der Waals surface area contributed by atoms with Crippen molar-refractivity contribution >= 4 is 39.1 Å². The fraction of sp³-hybridized carbons (Fsp3) is 0.250. The first-order chi connectivity index (χ1) is 6.32. The molecule has 1 aromatic carbocycles. The van der Waals surface area contributed by atoms with Gasteiger partial charge in [0.25, 0.3) is 0 Å². The van der Waals surface area contributed by atoms with Crippen LogP contribution >= 0.6 is 39.1 Å². The lowest BCUT2D eigenvalue weighted by atomic mass is 10.1. The quantitative estimate of drug-likeness (QED) is 0.818. The molecule has 1 rings (SSSR count). The zero-order valence-electron chi connectivity index (χ0n) is 6.65. The standard InChI is InChI=1S/C8H5BrCl2F2O/c9-8(12,13)7(14)5-2-1-4(10)3-6(5)11/h1-3,7,14H. The van der Waals surface area contributed by atoms with E-state index in [2.05, 4.69) is 15.9 Å². The average Bonchev–Trinajstić information content (AvgIpc) is 2.01. The minimum atomic E-state index is -3.41. The van der Waals surface area contributed by atoms with Gasteiger partial charge in [0, 0.05) is 15.6 Å². The Kier molecular flexibility index (Phi) is 3.75. The van der Waals surface area contributed by atoms with Crippen molar-refractivity contribution in [3.05, 3.63) is 33.8 Å². The van der Waals surface area contributed by atoms with E-state index in [1.807, 2.05) is 0 Å². The Morgan fingerprint density at radius 1 is 1.36 bits per heavy atom. The molecule has 0 aliphatic heterocycles. The molecule has 0 amide bonds. The second kappa shape index (κ2) is 4.31. The summed E-state index contributed by atoms with van der Waals surface area (Å²) in [6, 6.07) is 3.93. The van der Waals surface area contributed by atoms with Crippen LogP contribution in [0, 0.1) is 0 Å². The lowest BCUT2D eigenvalue weighted by Crippen LogP contribution is -2.18. The summed E-state index contributed by atoms with van der Waals surface area (Å²) in [7, 11) is 0. The number of rotatable bonds is 2. The minimum absolute atomic E-state index is 0.00382. The van der Waals surface area contributed by atoms with Gasteiger partial charge in [-0.1, -0.05) is 29.3 Å². The van der Waals surface area contributed by atoms with Crippen molar-refractivity contribution in [3.8, 4) is 0 Å². The minimum Gasteiger partial charge on any atom is -0.381 e. The van der Waals surface area contributed by atoms with Gasteiger partial charge in [-0.2, -0.15) is 8.78 Å². The van der Waals surface area contributed by atoms with E-state index in [-0.39, 0.29) is 10.6 Å². The molecule has 6 heteroatoms. The molecule has 0 heterocycles. The molecule has 0 fully saturated rings. The van der Waals surface area contributed by atoms with E-state index in [1.54, 1.807) is 0 Å². The third kappa shape index (κ3) is 2.79. The molecule has 0 aliphatic rings. The van der Waals surface area contributed by atoms with Gasteiger partial charge in [0.05, 0.1) is 0 Å². The molecule has 0 aliphatic carbocycles. The molecule has 0 radical (unpaired) electrons. The van der Waals surface area contributed by atoms with Crippen molar-refractivity contribution in [1.29, 1.82) is 0 Å². The molecule has 0 saturated heterocycles. The normalized spacial score (nSPS) is 14.1. The van der Waals surface area contributed by atoms with Gasteiger partial charge in [0.2, 0.25) is 0 Å². The molecule has 1 nitrogen and oxygen atoms in total. The van der Waals surface area contributed by atoms with E-state index in [4.69, 9.17) is 23.2 Å². The van der Waals surface area contributed by atoms with Gasteiger partial charge in [0.1, 0.15) is 0 Å². The van der Waals surface area contributed by atoms with E-state index >= 15 is 0 Å². The highest BCUT2D eigenvalue weighted by Gasteiger charge is 2.37. The number of halogens is 5. The third-order valence-corrected chi connectivity index (χ3v) is 2.56. The molecule has 0 saturated carbocycles. The summed E-state index contributed by atoms with van der Waals surface area (Å²) in [6.07, 6.45) is -1.99. The van der Waals surface area contributed by atoms with E-state index in [9.17, 15) is 13.9 Å². The number of hydrogen-bond donors (Lipinski definition) is 1. The van der Waals surface area contributed by atoms with Crippen LogP contribution in [0.15, 0.2) is 18.2 Å². The highest BCUT2D eigenvalue weighted by Crippen LogP contribution is 2.39. The maximum Gasteiger partial charge on any atom is 0.330 e. The monoisotopic (exact) mass is 304 g/mol. The molecule has 78 valence electrons. The van der Waals surface area contributed by atoms with Gasteiger partial charge >= 0.3 is 4.83 Å². The number of hydrogen-bond acceptors (Lipinski definition) is 1. The molecule has 1 aromatic rings. The maximum absolute atomic E-state index is 12.7. The molecule has 1 N–H and O–H groups in total. The number of aliphatic hydroxyl groups excluding tert-OH is 1. The second-order valence-electron chi connectivity index (χ2n) is 2.61. The van der Waals surface area contributed by atoms with Gasteiger partial charge in [-0.15, -0.1) is 0 Å².